The molecule has 1 fully saturated rings. The number of sulfonamides is 1. The van der Waals surface area contributed by atoms with Crippen LogP contribution in [0.15, 0.2) is 29.4 Å². The lowest BCUT2D eigenvalue weighted by atomic mass is 9.93. The van der Waals surface area contributed by atoms with Gasteiger partial charge < -0.3 is 5.32 Å². The first kappa shape index (κ1) is 19.8. The minimum absolute atomic E-state index is 0.0693. The second-order valence-electron chi connectivity index (χ2n) is 7.41. The predicted octanol–water partition coefficient (Wildman–Crippen LogP) is 1.31. The van der Waals surface area contributed by atoms with Crippen molar-refractivity contribution in [3.05, 3.63) is 35.4 Å². The monoisotopic (exact) mass is 392 g/mol. The van der Waals surface area contributed by atoms with Gasteiger partial charge in [-0.05, 0) is 26.3 Å². The third kappa shape index (κ3) is 3.87. The number of rotatable bonds is 5. The van der Waals surface area contributed by atoms with Crippen LogP contribution in [-0.4, -0.2) is 66.8 Å². The zero-order chi connectivity index (χ0) is 19.8. The number of aryl methyl sites for hydroxylation is 1. The maximum atomic E-state index is 13.3. The van der Waals surface area contributed by atoms with Crippen molar-refractivity contribution in [2.75, 3.05) is 19.6 Å². The topological polar surface area (TPSA) is 82.1 Å². The van der Waals surface area contributed by atoms with Gasteiger partial charge in [0.1, 0.15) is 5.25 Å². The summed E-state index contributed by atoms with van der Waals surface area (Å²) in [5.74, 6) is -0.218. The van der Waals surface area contributed by atoms with Crippen molar-refractivity contribution < 1.29 is 13.2 Å². The Morgan fingerprint density at radius 1 is 1.26 bits per heavy atom. The van der Waals surface area contributed by atoms with Crippen LogP contribution >= 0.6 is 0 Å². The van der Waals surface area contributed by atoms with E-state index < -0.39 is 15.3 Å². The highest BCUT2D eigenvalue weighted by molar-refractivity contribution is 7.90. The van der Waals surface area contributed by atoms with Crippen molar-refractivity contribution in [2.45, 2.75) is 50.9 Å². The van der Waals surface area contributed by atoms with Gasteiger partial charge in [0.2, 0.25) is 15.9 Å². The summed E-state index contributed by atoms with van der Waals surface area (Å²) in [6.07, 6.45) is 1.54. The van der Waals surface area contributed by atoms with Crippen LogP contribution in [0.1, 0.15) is 37.8 Å². The molecule has 1 saturated heterocycles. The molecule has 2 aliphatic rings. The highest BCUT2D eigenvalue weighted by atomic mass is 32.2. The molecule has 8 heteroatoms. The second-order valence-corrected chi connectivity index (χ2v) is 9.50. The molecule has 1 aromatic rings. The first-order chi connectivity index (χ1) is 12.7. The van der Waals surface area contributed by atoms with E-state index in [0.29, 0.717) is 13.1 Å². The summed E-state index contributed by atoms with van der Waals surface area (Å²) >= 11 is 0. The second kappa shape index (κ2) is 7.59. The van der Waals surface area contributed by atoms with Gasteiger partial charge in [-0.15, -0.1) is 0 Å². The van der Waals surface area contributed by atoms with Gasteiger partial charge in [0, 0.05) is 38.7 Å². The Hall–Kier alpha value is -1.93. The number of benzene rings is 1. The molecule has 0 aliphatic carbocycles. The maximum Gasteiger partial charge on any atom is 0.224 e. The van der Waals surface area contributed by atoms with E-state index >= 15 is 0 Å². The summed E-state index contributed by atoms with van der Waals surface area (Å²) in [5, 5.41) is 8.31. The van der Waals surface area contributed by atoms with E-state index in [0.717, 1.165) is 11.1 Å². The van der Waals surface area contributed by atoms with Crippen molar-refractivity contribution in [3.8, 4) is 0 Å². The van der Waals surface area contributed by atoms with Crippen molar-refractivity contribution in [2.24, 2.45) is 5.10 Å². The summed E-state index contributed by atoms with van der Waals surface area (Å²) < 4.78 is 28.0. The first-order valence-corrected chi connectivity index (χ1v) is 10.9. The summed E-state index contributed by atoms with van der Waals surface area (Å²) in [7, 11) is -3.56. The molecule has 0 radical (unpaired) electrons. The molecule has 7 nitrogen and oxygen atoms in total. The summed E-state index contributed by atoms with van der Waals surface area (Å²) in [4.78, 5) is 11.7. The quantitative estimate of drug-likeness (QED) is 0.819. The largest absolute Gasteiger partial charge is 0.352 e. The lowest BCUT2D eigenvalue weighted by Gasteiger charge is -2.26. The van der Waals surface area contributed by atoms with E-state index in [2.05, 4.69) is 10.4 Å². The van der Waals surface area contributed by atoms with Gasteiger partial charge in [0.25, 0.3) is 0 Å². The molecule has 1 amide bonds. The molecule has 0 aromatic heterocycles. The summed E-state index contributed by atoms with van der Waals surface area (Å²) in [6, 6.07) is 7.63. The van der Waals surface area contributed by atoms with E-state index in [4.69, 9.17) is 0 Å². The third-order valence-corrected chi connectivity index (χ3v) is 7.74. The molecule has 2 aliphatic heterocycles. The van der Waals surface area contributed by atoms with Gasteiger partial charge in [0.15, 0.2) is 0 Å². The fourth-order valence-electron chi connectivity index (χ4n) is 3.95. The molecular formula is C19H28N4O3S. The normalized spacial score (nSPS) is 28.7. The zero-order valence-corrected chi connectivity index (χ0v) is 17.1. The lowest BCUT2D eigenvalue weighted by Crippen LogP contribution is -2.46. The van der Waals surface area contributed by atoms with Crippen LogP contribution in [0.25, 0.3) is 0 Å². The van der Waals surface area contributed by atoms with Crippen molar-refractivity contribution >= 4 is 22.1 Å². The molecule has 0 saturated carbocycles. The standard InChI is InChI=1S/C19H28N4O3S/c1-5-23-14(3)19(10-20-23)27(25,26)22-11-17(18(12-22)21-15(4)24)16-8-6-13(2)7-9-16/h6-10,14,17-19H,5,11-12H2,1-4H3,(H,21,24)/t14?,17-,18+,19?/m1/s1. The van der Waals surface area contributed by atoms with Crippen molar-refractivity contribution in [1.82, 2.24) is 14.6 Å². The molecule has 2 unspecified atom stereocenters. The summed E-state index contributed by atoms with van der Waals surface area (Å²) in [6.45, 7) is 8.64. The Balaban J connectivity index is 1.85. The maximum absolute atomic E-state index is 13.3. The van der Waals surface area contributed by atoms with Crippen LogP contribution < -0.4 is 5.32 Å². The minimum atomic E-state index is -3.56. The number of carbonyl (C=O) groups is 1. The molecule has 2 heterocycles. The highest BCUT2D eigenvalue weighted by Crippen LogP contribution is 2.32. The molecule has 27 heavy (non-hydrogen) atoms. The minimum Gasteiger partial charge on any atom is -0.352 e. The predicted molar refractivity (Wildman–Crippen MR) is 106 cm³/mol. The number of nitrogens with one attached hydrogen (secondary N) is 1. The SMILES string of the molecule is CCN1N=CC(S(=O)(=O)N2C[C@H](NC(C)=O)[C@@H](c3ccc(C)cc3)C2)C1C. The van der Waals surface area contributed by atoms with E-state index in [1.54, 1.807) is 5.01 Å². The fraction of sp³-hybridized carbons (Fsp3) is 0.579. The number of hydrogen-bond acceptors (Lipinski definition) is 5. The average molecular weight is 393 g/mol. The van der Waals surface area contributed by atoms with Crippen LogP contribution in [0.4, 0.5) is 0 Å². The van der Waals surface area contributed by atoms with Gasteiger partial charge in [-0.25, -0.2) is 8.42 Å². The van der Waals surface area contributed by atoms with Gasteiger partial charge >= 0.3 is 0 Å². The highest BCUT2D eigenvalue weighted by Gasteiger charge is 2.46. The van der Waals surface area contributed by atoms with Crippen LogP contribution in [-0.2, 0) is 14.8 Å². The third-order valence-electron chi connectivity index (χ3n) is 5.52. The Kier molecular flexibility index (Phi) is 5.58. The Morgan fingerprint density at radius 2 is 1.93 bits per heavy atom. The molecule has 0 bridgehead atoms. The number of carbonyl (C=O) groups excluding carboxylic acids is 1. The van der Waals surface area contributed by atoms with Gasteiger partial charge in [-0.3, -0.25) is 9.80 Å². The fourth-order valence-corrected chi connectivity index (χ4v) is 5.88. The first-order valence-electron chi connectivity index (χ1n) is 9.37. The zero-order valence-electron chi connectivity index (χ0n) is 16.3. The molecular weight excluding hydrogens is 364 g/mol. The van der Waals surface area contributed by atoms with Crippen LogP contribution in [0.5, 0.6) is 0 Å². The smallest absolute Gasteiger partial charge is 0.224 e. The number of amides is 1. The molecule has 1 N–H and O–H groups in total. The van der Waals surface area contributed by atoms with E-state index in [1.165, 1.54) is 17.4 Å². The van der Waals surface area contributed by atoms with Crippen molar-refractivity contribution in [3.63, 3.8) is 0 Å². The van der Waals surface area contributed by atoms with Crippen LogP contribution in [0, 0.1) is 6.92 Å². The Morgan fingerprint density at radius 3 is 2.48 bits per heavy atom. The Labute approximate surface area is 161 Å². The lowest BCUT2D eigenvalue weighted by molar-refractivity contribution is -0.119. The molecule has 0 spiro atoms. The molecule has 1 aromatic carbocycles. The Bertz CT molecular complexity index is 822. The van der Waals surface area contributed by atoms with Crippen molar-refractivity contribution in [1.29, 1.82) is 0 Å². The van der Waals surface area contributed by atoms with Gasteiger partial charge in [0.05, 0.1) is 12.1 Å². The average Bonchev–Trinajstić information content (AvgIpc) is 3.19. The molecule has 4 atom stereocenters. The van der Waals surface area contributed by atoms with Crippen LogP contribution in [0.3, 0.4) is 0 Å². The van der Waals surface area contributed by atoms with Crippen LogP contribution in [0.2, 0.25) is 0 Å². The number of hydrazone groups is 1. The van der Waals surface area contributed by atoms with Gasteiger partial charge in [-0.2, -0.15) is 9.41 Å². The molecule has 148 valence electrons. The van der Waals surface area contributed by atoms with Gasteiger partial charge in [-0.1, -0.05) is 29.8 Å². The van der Waals surface area contributed by atoms with E-state index in [1.807, 2.05) is 45.0 Å². The number of hydrogen-bond donors (Lipinski definition) is 1. The number of nitrogens with zero attached hydrogens (tertiary/aromatic N) is 3. The van der Waals surface area contributed by atoms with E-state index in [9.17, 15) is 13.2 Å². The summed E-state index contributed by atoms with van der Waals surface area (Å²) in [5.41, 5.74) is 2.19. The molecule has 3 rings (SSSR count). The van der Waals surface area contributed by atoms with E-state index in [-0.39, 0.29) is 30.5 Å².